The zero-order chi connectivity index (χ0) is 15.4. The minimum Gasteiger partial charge on any atom is -0.290 e. The topological polar surface area (TPSA) is 58.6 Å². The van der Waals surface area contributed by atoms with Gasteiger partial charge in [-0.05, 0) is 12.5 Å². The third-order valence-electron chi connectivity index (χ3n) is 3.17. The van der Waals surface area contributed by atoms with Crippen LogP contribution in [-0.4, -0.2) is 15.0 Å². The van der Waals surface area contributed by atoms with Crippen LogP contribution in [0.2, 0.25) is 0 Å². The molecule has 0 aliphatic rings. The number of nitrogens with zero attached hydrogens (tertiary/aromatic N) is 2. The highest BCUT2D eigenvalue weighted by atomic mass is 32.2. The Morgan fingerprint density at radius 3 is 2.45 bits per heavy atom. The first-order valence-electron chi connectivity index (χ1n) is 6.93. The van der Waals surface area contributed by atoms with Crippen LogP contribution in [0.3, 0.4) is 0 Å². The lowest BCUT2D eigenvalue weighted by Gasteiger charge is -2.04. The van der Waals surface area contributed by atoms with Crippen molar-refractivity contribution >= 4 is 11.8 Å². The number of rotatable bonds is 4. The Morgan fingerprint density at radius 2 is 1.73 bits per heavy atom. The molecule has 0 aliphatic heterocycles. The van der Waals surface area contributed by atoms with Crippen LogP contribution in [0.25, 0.3) is 11.4 Å². The summed E-state index contributed by atoms with van der Waals surface area (Å²) in [6.45, 7) is 2.02. The minimum atomic E-state index is -0.374. The number of aromatic amines is 1. The van der Waals surface area contributed by atoms with E-state index >= 15 is 0 Å². The van der Waals surface area contributed by atoms with Crippen molar-refractivity contribution in [3.05, 3.63) is 76.2 Å². The summed E-state index contributed by atoms with van der Waals surface area (Å²) < 4.78 is 0. The van der Waals surface area contributed by atoms with Crippen molar-refractivity contribution in [1.29, 1.82) is 0 Å². The molecule has 1 N–H and O–H groups in total. The van der Waals surface area contributed by atoms with E-state index < -0.39 is 0 Å². The number of hydrogen-bond acceptors (Lipinski definition) is 4. The lowest BCUT2D eigenvalue weighted by molar-refractivity contribution is 0.870. The summed E-state index contributed by atoms with van der Waals surface area (Å²) in [5.74, 6) is 1.29. The average Bonchev–Trinajstić information content (AvgIpc) is 2.54. The molecule has 5 heteroatoms. The number of hydrogen-bond donors (Lipinski definition) is 1. The maximum atomic E-state index is 11.7. The number of benzene rings is 2. The van der Waals surface area contributed by atoms with Crippen molar-refractivity contribution in [2.45, 2.75) is 17.8 Å². The number of H-pyrrole nitrogens is 1. The summed E-state index contributed by atoms with van der Waals surface area (Å²) in [6, 6.07) is 17.9. The van der Waals surface area contributed by atoms with Gasteiger partial charge in [-0.15, -0.1) is 0 Å². The molecule has 4 nitrogen and oxygen atoms in total. The molecule has 2 aromatic carbocycles. The smallest absolute Gasteiger partial charge is 0.290 e. The molecule has 0 saturated heterocycles. The molecule has 0 saturated carbocycles. The van der Waals surface area contributed by atoms with Crippen LogP contribution in [0.15, 0.2) is 64.5 Å². The molecule has 0 amide bonds. The summed E-state index contributed by atoms with van der Waals surface area (Å²) in [4.78, 5) is 22.8. The van der Waals surface area contributed by atoms with Gasteiger partial charge in [0.1, 0.15) is 5.82 Å². The summed E-state index contributed by atoms with van der Waals surface area (Å²) in [5, 5.41) is 0.489. The largest absolute Gasteiger partial charge is 0.349 e. The van der Waals surface area contributed by atoms with Crippen molar-refractivity contribution in [1.82, 2.24) is 15.0 Å². The SMILES string of the molecule is Cc1ccc(-c2nc(SCc3ccccc3)nc(=O)[nH]2)cc1. The molecule has 0 aliphatic carbocycles. The molecule has 0 atom stereocenters. The molecule has 0 radical (unpaired) electrons. The Labute approximate surface area is 132 Å². The minimum absolute atomic E-state index is 0.374. The van der Waals surface area contributed by atoms with Crippen LogP contribution >= 0.6 is 11.8 Å². The van der Waals surface area contributed by atoms with E-state index in [0.717, 1.165) is 11.3 Å². The van der Waals surface area contributed by atoms with E-state index in [-0.39, 0.29) is 5.69 Å². The van der Waals surface area contributed by atoms with Crippen molar-refractivity contribution < 1.29 is 0 Å². The molecule has 0 unspecified atom stereocenters. The Hall–Kier alpha value is -2.40. The van der Waals surface area contributed by atoms with E-state index in [1.165, 1.54) is 22.9 Å². The second-order valence-electron chi connectivity index (χ2n) is 4.93. The molecule has 3 rings (SSSR count). The van der Waals surface area contributed by atoms with E-state index in [0.29, 0.717) is 11.0 Å². The van der Waals surface area contributed by atoms with Crippen molar-refractivity contribution in [2.75, 3.05) is 0 Å². The first-order valence-corrected chi connectivity index (χ1v) is 7.91. The Morgan fingerprint density at radius 1 is 1.00 bits per heavy atom. The predicted molar refractivity (Wildman–Crippen MR) is 88.8 cm³/mol. The van der Waals surface area contributed by atoms with Gasteiger partial charge >= 0.3 is 5.69 Å². The zero-order valence-corrected chi connectivity index (χ0v) is 12.9. The molecular weight excluding hydrogens is 294 g/mol. The van der Waals surface area contributed by atoms with Crippen LogP contribution in [0.5, 0.6) is 0 Å². The first kappa shape index (κ1) is 14.5. The highest BCUT2D eigenvalue weighted by Crippen LogP contribution is 2.20. The van der Waals surface area contributed by atoms with Crippen molar-refractivity contribution in [3.63, 3.8) is 0 Å². The lowest BCUT2D eigenvalue weighted by Crippen LogP contribution is -2.14. The second kappa shape index (κ2) is 6.58. The van der Waals surface area contributed by atoms with E-state index in [9.17, 15) is 4.79 Å². The summed E-state index contributed by atoms with van der Waals surface area (Å²) in [6.07, 6.45) is 0. The van der Waals surface area contributed by atoms with Gasteiger partial charge in [-0.25, -0.2) is 9.78 Å². The molecule has 3 aromatic rings. The van der Waals surface area contributed by atoms with Gasteiger partial charge in [0, 0.05) is 11.3 Å². The van der Waals surface area contributed by atoms with Crippen LogP contribution < -0.4 is 5.69 Å². The van der Waals surface area contributed by atoms with Crippen LogP contribution in [0, 0.1) is 6.92 Å². The molecular formula is C17H15N3OS. The monoisotopic (exact) mass is 309 g/mol. The van der Waals surface area contributed by atoms with E-state index in [2.05, 4.69) is 15.0 Å². The van der Waals surface area contributed by atoms with E-state index in [1.54, 1.807) is 0 Å². The fourth-order valence-electron chi connectivity index (χ4n) is 2.00. The Balaban J connectivity index is 1.84. The number of nitrogens with one attached hydrogen (secondary N) is 1. The second-order valence-corrected chi connectivity index (χ2v) is 5.87. The predicted octanol–water partition coefficient (Wildman–Crippen LogP) is 3.43. The van der Waals surface area contributed by atoms with Gasteiger partial charge in [-0.2, -0.15) is 4.98 Å². The normalized spacial score (nSPS) is 10.6. The summed E-state index contributed by atoms with van der Waals surface area (Å²) >= 11 is 1.46. The van der Waals surface area contributed by atoms with Crippen molar-refractivity contribution in [2.24, 2.45) is 0 Å². The van der Waals surface area contributed by atoms with Gasteiger partial charge in [-0.3, -0.25) is 4.98 Å². The molecule has 110 valence electrons. The van der Waals surface area contributed by atoms with Gasteiger partial charge in [0.05, 0.1) is 0 Å². The number of aromatic nitrogens is 3. The molecule has 0 bridgehead atoms. The number of aryl methyl sites for hydroxylation is 1. The quantitative estimate of drug-likeness (QED) is 0.750. The standard InChI is InChI=1S/C17H15N3OS/c1-12-7-9-14(10-8-12)15-18-16(21)20-17(19-15)22-11-13-5-3-2-4-6-13/h2-10H,11H2,1H3,(H,18,19,20,21). The summed E-state index contributed by atoms with van der Waals surface area (Å²) in [5.41, 5.74) is 2.85. The van der Waals surface area contributed by atoms with Gasteiger partial charge in [0.2, 0.25) is 0 Å². The maximum absolute atomic E-state index is 11.7. The molecule has 1 heterocycles. The molecule has 1 aromatic heterocycles. The number of thioether (sulfide) groups is 1. The lowest BCUT2D eigenvalue weighted by atomic mass is 10.1. The van der Waals surface area contributed by atoms with E-state index in [4.69, 9.17) is 0 Å². The maximum Gasteiger partial charge on any atom is 0.349 e. The van der Waals surface area contributed by atoms with Crippen LogP contribution in [0.4, 0.5) is 0 Å². The van der Waals surface area contributed by atoms with Crippen LogP contribution in [-0.2, 0) is 5.75 Å². The third kappa shape index (κ3) is 3.62. The van der Waals surface area contributed by atoms with Gasteiger partial charge in [0.15, 0.2) is 5.16 Å². The highest BCUT2D eigenvalue weighted by Gasteiger charge is 2.06. The fraction of sp³-hybridized carbons (Fsp3) is 0.118. The van der Waals surface area contributed by atoms with Crippen molar-refractivity contribution in [3.8, 4) is 11.4 Å². The van der Waals surface area contributed by atoms with Gasteiger partial charge in [0.25, 0.3) is 0 Å². The highest BCUT2D eigenvalue weighted by molar-refractivity contribution is 7.98. The van der Waals surface area contributed by atoms with Crippen LogP contribution in [0.1, 0.15) is 11.1 Å². The van der Waals surface area contributed by atoms with Gasteiger partial charge in [-0.1, -0.05) is 71.9 Å². The van der Waals surface area contributed by atoms with Gasteiger partial charge < -0.3 is 0 Å². The average molecular weight is 309 g/mol. The first-order chi connectivity index (χ1) is 10.7. The van der Waals surface area contributed by atoms with E-state index in [1.807, 2.05) is 61.5 Å². The zero-order valence-electron chi connectivity index (χ0n) is 12.1. The molecule has 0 spiro atoms. The Bertz CT molecular complexity index is 813. The fourth-order valence-corrected chi connectivity index (χ4v) is 2.79. The molecule has 0 fully saturated rings. The summed E-state index contributed by atoms with van der Waals surface area (Å²) in [7, 11) is 0. The Kier molecular flexibility index (Phi) is 4.34. The third-order valence-corrected chi connectivity index (χ3v) is 4.08. The molecule has 22 heavy (non-hydrogen) atoms.